The van der Waals surface area contributed by atoms with Gasteiger partial charge in [0.25, 0.3) is 0 Å². The van der Waals surface area contributed by atoms with Crippen molar-refractivity contribution in [1.82, 2.24) is 0 Å². The van der Waals surface area contributed by atoms with E-state index in [9.17, 15) is 9.59 Å². The van der Waals surface area contributed by atoms with Crippen LogP contribution >= 0.6 is 0 Å². The minimum Gasteiger partial charge on any atom is -0.426 e. The molecule has 25 heavy (non-hydrogen) atoms. The van der Waals surface area contributed by atoms with Crippen LogP contribution in [0, 0.1) is 33.6 Å². The van der Waals surface area contributed by atoms with Crippen LogP contribution in [0.25, 0.3) is 0 Å². The Morgan fingerprint density at radius 3 is 2.36 bits per heavy atom. The number of ether oxygens (including phenoxy) is 1. The summed E-state index contributed by atoms with van der Waals surface area (Å²) in [6.07, 6.45) is 0.191. The molecule has 1 fully saturated rings. The second kappa shape index (κ2) is 6.71. The molecule has 0 aromatic heterocycles. The van der Waals surface area contributed by atoms with Crippen molar-refractivity contribution >= 4 is 17.6 Å². The maximum Gasteiger partial charge on any atom is 0.316 e. The average Bonchev–Trinajstić information content (AvgIpc) is 2.90. The van der Waals surface area contributed by atoms with E-state index >= 15 is 0 Å². The normalized spacial score (nSPS) is 17.0. The molecule has 1 heterocycles. The highest BCUT2D eigenvalue weighted by Crippen LogP contribution is 2.30. The lowest BCUT2D eigenvalue weighted by Crippen LogP contribution is -2.28. The third kappa shape index (κ3) is 3.73. The fourth-order valence-electron chi connectivity index (χ4n) is 3.30. The Labute approximate surface area is 148 Å². The standard InChI is InChI=1S/C21H23NO3/c1-13-5-6-16(4)19(10-13)22-12-17(11-20(22)23)21(24)25-18-8-14(2)7-15(3)9-18/h5-10,17H,11-12H2,1-4H3/t17-/m1/s1. The molecule has 0 radical (unpaired) electrons. The van der Waals surface area contributed by atoms with Gasteiger partial charge in [0.15, 0.2) is 0 Å². The number of aryl methyl sites for hydroxylation is 4. The van der Waals surface area contributed by atoms with E-state index in [1.165, 1.54) is 0 Å². The number of rotatable bonds is 3. The number of benzene rings is 2. The first-order valence-corrected chi connectivity index (χ1v) is 8.51. The van der Waals surface area contributed by atoms with Crippen LogP contribution in [-0.2, 0) is 9.59 Å². The summed E-state index contributed by atoms with van der Waals surface area (Å²) in [7, 11) is 0. The van der Waals surface area contributed by atoms with E-state index in [0.717, 1.165) is 27.9 Å². The van der Waals surface area contributed by atoms with Gasteiger partial charge in [-0.3, -0.25) is 9.59 Å². The third-order valence-electron chi connectivity index (χ3n) is 4.53. The molecule has 2 aromatic carbocycles. The number of hydrogen-bond donors (Lipinski definition) is 0. The van der Waals surface area contributed by atoms with Crippen LogP contribution in [0.1, 0.15) is 28.7 Å². The molecule has 130 valence electrons. The van der Waals surface area contributed by atoms with Crippen LogP contribution in [-0.4, -0.2) is 18.4 Å². The molecule has 2 aromatic rings. The zero-order chi connectivity index (χ0) is 18.1. The van der Waals surface area contributed by atoms with Gasteiger partial charge in [0.05, 0.1) is 5.92 Å². The van der Waals surface area contributed by atoms with Crippen LogP contribution in [0.4, 0.5) is 5.69 Å². The Balaban J connectivity index is 1.75. The molecule has 0 spiro atoms. The molecule has 0 saturated carbocycles. The fraction of sp³-hybridized carbons (Fsp3) is 0.333. The third-order valence-corrected chi connectivity index (χ3v) is 4.53. The average molecular weight is 337 g/mol. The lowest BCUT2D eigenvalue weighted by Gasteiger charge is -2.19. The highest BCUT2D eigenvalue weighted by atomic mass is 16.5. The Kier molecular flexibility index (Phi) is 4.62. The van der Waals surface area contributed by atoms with Crippen LogP contribution in [0.15, 0.2) is 36.4 Å². The smallest absolute Gasteiger partial charge is 0.316 e. The van der Waals surface area contributed by atoms with Crippen molar-refractivity contribution in [3.63, 3.8) is 0 Å². The lowest BCUT2D eigenvalue weighted by atomic mass is 10.1. The van der Waals surface area contributed by atoms with E-state index in [0.29, 0.717) is 12.3 Å². The summed E-state index contributed by atoms with van der Waals surface area (Å²) >= 11 is 0. The van der Waals surface area contributed by atoms with Gasteiger partial charge in [0.2, 0.25) is 5.91 Å². The Morgan fingerprint density at radius 1 is 1.00 bits per heavy atom. The van der Waals surface area contributed by atoms with Crippen LogP contribution < -0.4 is 9.64 Å². The molecule has 4 heteroatoms. The molecule has 0 unspecified atom stereocenters. The van der Waals surface area contributed by atoms with Crippen LogP contribution in [0.5, 0.6) is 5.75 Å². The van der Waals surface area contributed by atoms with Gasteiger partial charge in [-0.2, -0.15) is 0 Å². The van der Waals surface area contributed by atoms with Gasteiger partial charge in [0, 0.05) is 18.7 Å². The monoisotopic (exact) mass is 337 g/mol. The molecule has 1 saturated heterocycles. The van der Waals surface area contributed by atoms with Crippen molar-refractivity contribution in [3.05, 3.63) is 58.7 Å². The molecule has 1 aliphatic heterocycles. The van der Waals surface area contributed by atoms with Gasteiger partial charge >= 0.3 is 5.97 Å². The molecule has 1 aliphatic rings. The minimum atomic E-state index is -0.437. The molecule has 3 rings (SSSR count). The van der Waals surface area contributed by atoms with Gasteiger partial charge in [-0.25, -0.2) is 0 Å². The molecule has 1 amide bonds. The number of esters is 1. The predicted octanol–water partition coefficient (Wildman–Crippen LogP) is 3.88. The number of amides is 1. The summed E-state index contributed by atoms with van der Waals surface area (Å²) in [5, 5.41) is 0. The van der Waals surface area contributed by atoms with E-state index in [1.807, 2.05) is 64.1 Å². The Bertz CT molecular complexity index is 821. The number of anilines is 1. The first kappa shape index (κ1) is 17.2. The number of hydrogen-bond acceptors (Lipinski definition) is 3. The summed E-state index contributed by atoms with van der Waals surface area (Å²) < 4.78 is 5.53. The van der Waals surface area contributed by atoms with Gasteiger partial charge in [0.1, 0.15) is 5.75 Å². The fourth-order valence-corrected chi connectivity index (χ4v) is 3.30. The van der Waals surface area contributed by atoms with Crippen molar-refractivity contribution in [2.75, 3.05) is 11.4 Å². The van der Waals surface area contributed by atoms with Crippen LogP contribution in [0.2, 0.25) is 0 Å². The van der Waals surface area contributed by atoms with Gasteiger partial charge in [-0.15, -0.1) is 0 Å². The minimum absolute atomic E-state index is 0.0314. The number of nitrogens with zero attached hydrogens (tertiary/aromatic N) is 1. The summed E-state index contributed by atoms with van der Waals surface area (Å²) in [5.74, 6) is -0.268. The maximum atomic E-state index is 12.5. The van der Waals surface area contributed by atoms with Gasteiger partial charge in [-0.1, -0.05) is 18.2 Å². The van der Waals surface area contributed by atoms with E-state index in [-0.39, 0.29) is 18.3 Å². The predicted molar refractivity (Wildman–Crippen MR) is 97.9 cm³/mol. The summed E-state index contributed by atoms with van der Waals surface area (Å²) in [6.45, 7) is 8.27. The van der Waals surface area contributed by atoms with Crippen molar-refractivity contribution < 1.29 is 14.3 Å². The van der Waals surface area contributed by atoms with E-state index in [1.54, 1.807) is 4.90 Å². The molecule has 0 bridgehead atoms. The first-order chi connectivity index (χ1) is 11.8. The number of carbonyl (C=O) groups is 2. The topological polar surface area (TPSA) is 46.6 Å². The molecule has 0 aliphatic carbocycles. The second-order valence-electron chi connectivity index (χ2n) is 6.94. The highest BCUT2D eigenvalue weighted by Gasteiger charge is 2.37. The van der Waals surface area contributed by atoms with Crippen LogP contribution in [0.3, 0.4) is 0 Å². The van der Waals surface area contributed by atoms with E-state index < -0.39 is 5.92 Å². The Hall–Kier alpha value is -2.62. The van der Waals surface area contributed by atoms with Crippen molar-refractivity contribution in [3.8, 4) is 5.75 Å². The molecule has 4 nitrogen and oxygen atoms in total. The Morgan fingerprint density at radius 2 is 1.68 bits per heavy atom. The summed E-state index contributed by atoms with van der Waals surface area (Å²) in [6, 6.07) is 11.7. The molecule has 1 atom stereocenters. The zero-order valence-electron chi connectivity index (χ0n) is 15.1. The SMILES string of the molecule is Cc1cc(C)cc(OC(=O)[C@@H]2CC(=O)N(c3cc(C)ccc3C)C2)c1. The van der Waals surface area contributed by atoms with E-state index in [2.05, 4.69) is 0 Å². The largest absolute Gasteiger partial charge is 0.426 e. The van der Waals surface area contributed by atoms with Crippen molar-refractivity contribution in [2.24, 2.45) is 5.92 Å². The lowest BCUT2D eigenvalue weighted by molar-refractivity contribution is -0.139. The quantitative estimate of drug-likeness (QED) is 0.631. The first-order valence-electron chi connectivity index (χ1n) is 8.51. The van der Waals surface area contributed by atoms with Crippen molar-refractivity contribution in [1.29, 1.82) is 0 Å². The second-order valence-corrected chi connectivity index (χ2v) is 6.94. The summed E-state index contributed by atoms with van der Waals surface area (Å²) in [5.41, 5.74) is 5.09. The van der Waals surface area contributed by atoms with Crippen molar-refractivity contribution in [2.45, 2.75) is 34.1 Å². The molecular weight excluding hydrogens is 314 g/mol. The van der Waals surface area contributed by atoms with Gasteiger partial charge in [-0.05, 0) is 68.1 Å². The maximum absolute atomic E-state index is 12.5. The summed E-state index contributed by atoms with van der Waals surface area (Å²) in [4.78, 5) is 26.6. The molecular formula is C21H23NO3. The molecule has 0 N–H and O–H groups in total. The highest BCUT2D eigenvalue weighted by molar-refractivity contribution is 6.00. The number of carbonyl (C=O) groups excluding carboxylic acids is 2. The van der Waals surface area contributed by atoms with E-state index in [4.69, 9.17) is 4.74 Å². The van der Waals surface area contributed by atoms with Gasteiger partial charge < -0.3 is 9.64 Å². The zero-order valence-corrected chi connectivity index (χ0v) is 15.1.